The molecule has 0 spiro atoms. The summed E-state index contributed by atoms with van der Waals surface area (Å²) in [6, 6.07) is 15.7. The average Bonchev–Trinajstić information content (AvgIpc) is 2.47. The number of hydrogen-bond donors (Lipinski definition) is 3. The largest absolute Gasteiger partial charge is 0.392 e. The van der Waals surface area contributed by atoms with Gasteiger partial charge in [0.25, 0.3) is 0 Å². The van der Waals surface area contributed by atoms with Gasteiger partial charge in [-0.15, -0.1) is 0 Å². The van der Waals surface area contributed by atoms with Crippen molar-refractivity contribution in [1.82, 2.24) is 5.43 Å². The maximum Gasteiger partial charge on any atom is 0.184 e. The van der Waals surface area contributed by atoms with Crippen molar-refractivity contribution in [2.45, 2.75) is 6.61 Å². The number of aliphatic hydroxyl groups is 1. The van der Waals surface area contributed by atoms with Gasteiger partial charge in [0.1, 0.15) is 0 Å². The van der Waals surface area contributed by atoms with Crippen LogP contribution in [-0.4, -0.2) is 16.4 Å². The Morgan fingerprint density at radius 1 is 1.20 bits per heavy atom. The lowest BCUT2D eigenvalue weighted by Crippen LogP contribution is -2.23. The Hall–Kier alpha value is -2.24. The Labute approximate surface area is 122 Å². The van der Waals surface area contributed by atoms with Crippen molar-refractivity contribution in [2.24, 2.45) is 10.8 Å². The number of benzene rings is 2. The minimum Gasteiger partial charge on any atom is -0.392 e. The number of nitrogens with one attached hydrogen (secondary N) is 1. The predicted molar refractivity (Wildman–Crippen MR) is 85.3 cm³/mol. The standard InChI is InChI=1S/C15H15N3OS/c16-15(20)18-17-9-12-2-1-3-14(8-12)13-6-4-11(10-19)5-7-13/h1-9,19H,10H2,(H3,16,18,20). The van der Waals surface area contributed by atoms with E-state index in [1.54, 1.807) is 6.21 Å². The van der Waals surface area contributed by atoms with Crippen molar-refractivity contribution >= 4 is 23.5 Å². The average molecular weight is 285 g/mol. The highest BCUT2D eigenvalue weighted by molar-refractivity contribution is 7.80. The minimum atomic E-state index is 0.0532. The second kappa shape index (κ2) is 6.79. The molecule has 0 aliphatic carbocycles. The van der Waals surface area contributed by atoms with Gasteiger partial charge in [-0.2, -0.15) is 5.10 Å². The van der Waals surface area contributed by atoms with Crippen LogP contribution in [0, 0.1) is 0 Å². The van der Waals surface area contributed by atoms with Gasteiger partial charge in [0, 0.05) is 0 Å². The van der Waals surface area contributed by atoms with E-state index in [-0.39, 0.29) is 11.7 Å². The summed E-state index contributed by atoms with van der Waals surface area (Å²) < 4.78 is 0. The van der Waals surface area contributed by atoms with Crippen LogP contribution in [0.1, 0.15) is 11.1 Å². The van der Waals surface area contributed by atoms with E-state index in [1.807, 2.05) is 48.5 Å². The Balaban J connectivity index is 2.20. The molecule has 0 heterocycles. The Bertz CT molecular complexity index is 623. The summed E-state index contributed by atoms with van der Waals surface area (Å²) in [5.74, 6) is 0. The van der Waals surface area contributed by atoms with Crippen molar-refractivity contribution in [2.75, 3.05) is 0 Å². The summed E-state index contributed by atoms with van der Waals surface area (Å²) in [5.41, 5.74) is 11.8. The topological polar surface area (TPSA) is 70.6 Å². The van der Waals surface area contributed by atoms with Crippen molar-refractivity contribution < 1.29 is 5.11 Å². The molecule has 0 unspecified atom stereocenters. The molecule has 0 aromatic heterocycles. The SMILES string of the molecule is NC(=S)NN=Cc1cccc(-c2ccc(CO)cc2)c1. The van der Waals surface area contributed by atoms with Crippen molar-refractivity contribution in [3.8, 4) is 11.1 Å². The van der Waals surface area contributed by atoms with E-state index < -0.39 is 0 Å². The van der Waals surface area contributed by atoms with Gasteiger partial charge in [0.15, 0.2) is 5.11 Å². The van der Waals surface area contributed by atoms with Gasteiger partial charge in [0.2, 0.25) is 0 Å². The Morgan fingerprint density at radius 3 is 2.60 bits per heavy atom. The summed E-state index contributed by atoms with van der Waals surface area (Å²) >= 11 is 4.67. The number of thiocarbonyl (C=S) groups is 1. The molecule has 0 amide bonds. The molecule has 4 N–H and O–H groups in total. The molecular weight excluding hydrogens is 270 g/mol. The minimum absolute atomic E-state index is 0.0532. The zero-order valence-corrected chi connectivity index (χ0v) is 11.6. The van der Waals surface area contributed by atoms with Gasteiger partial charge in [-0.1, -0.05) is 42.5 Å². The summed E-state index contributed by atoms with van der Waals surface area (Å²) in [5, 5.41) is 13.1. The predicted octanol–water partition coefficient (Wildman–Crippen LogP) is 2.01. The van der Waals surface area contributed by atoms with Gasteiger partial charge < -0.3 is 10.8 Å². The molecule has 0 bridgehead atoms. The van der Waals surface area contributed by atoms with Crippen molar-refractivity contribution in [1.29, 1.82) is 0 Å². The van der Waals surface area contributed by atoms with Gasteiger partial charge in [-0.3, -0.25) is 5.43 Å². The molecule has 102 valence electrons. The normalized spacial score (nSPS) is 10.7. The molecule has 0 saturated heterocycles. The Morgan fingerprint density at radius 2 is 1.95 bits per heavy atom. The number of hydrogen-bond acceptors (Lipinski definition) is 3. The Kier molecular flexibility index (Phi) is 4.81. The van der Waals surface area contributed by atoms with Crippen LogP contribution >= 0.6 is 12.2 Å². The van der Waals surface area contributed by atoms with E-state index >= 15 is 0 Å². The quantitative estimate of drug-likeness (QED) is 0.456. The van der Waals surface area contributed by atoms with Crippen molar-refractivity contribution in [3.63, 3.8) is 0 Å². The lowest BCUT2D eigenvalue weighted by atomic mass is 10.0. The van der Waals surface area contributed by atoms with Gasteiger partial charge in [-0.05, 0) is 40.5 Å². The number of aliphatic hydroxyl groups excluding tert-OH is 1. The van der Waals surface area contributed by atoms with Crippen LogP contribution in [0.5, 0.6) is 0 Å². The lowest BCUT2D eigenvalue weighted by molar-refractivity contribution is 0.282. The van der Waals surface area contributed by atoms with Crippen LogP contribution in [0.4, 0.5) is 0 Å². The molecule has 0 fully saturated rings. The number of nitrogens with two attached hydrogens (primary N) is 1. The van der Waals surface area contributed by atoms with Gasteiger partial charge in [-0.25, -0.2) is 0 Å². The molecule has 0 radical (unpaired) electrons. The monoisotopic (exact) mass is 285 g/mol. The van der Waals surface area contributed by atoms with E-state index in [0.29, 0.717) is 0 Å². The summed E-state index contributed by atoms with van der Waals surface area (Å²) in [7, 11) is 0. The van der Waals surface area contributed by atoms with Crippen LogP contribution in [0.2, 0.25) is 0 Å². The fraction of sp³-hybridized carbons (Fsp3) is 0.0667. The highest BCUT2D eigenvalue weighted by atomic mass is 32.1. The third-order valence-electron chi connectivity index (χ3n) is 2.74. The first-order chi connectivity index (χ1) is 9.69. The van der Waals surface area contributed by atoms with E-state index in [2.05, 4.69) is 22.7 Å². The fourth-order valence-corrected chi connectivity index (χ4v) is 1.82. The maximum absolute atomic E-state index is 9.04. The summed E-state index contributed by atoms with van der Waals surface area (Å²) in [6.07, 6.45) is 1.66. The first-order valence-corrected chi connectivity index (χ1v) is 6.48. The van der Waals surface area contributed by atoms with Crippen LogP contribution in [0.15, 0.2) is 53.6 Å². The van der Waals surface area contributed by atoms with Crippen LogP contribution in [-0.2, 0) is 6.61 Å². The third kappa shape index (κ3) is 3.88. The first-order valence-electron chi connectivity index (χ1n) is 6.08. The smallest absolute Gasteiger partial charge is 0.184 e. The molecule has 0 atom stereocenters. The van der Waals surface area contributed by atoms with E-state index in [0.717, 1.165) is 22.3 Å². The van der Waals surface area contributed by atoms with E-state index in [4.69, 9.17) is 10.8 Å². The molecule has 0 aliphatic heterocycles. The highest BCUT2D eigenvalue weighted by Gasteiger charge is 1.99. The first kappa shape index (κ1) is 14.2. The molecule has 2 aromatic carbocycles. The molecule has 20 heavy (non-hydrogen) atoms. The van der Waals surface area contributed by atoms with Crippen LogP contribution in [0.3, 0.4) is 0 Å². The maximum atomic E-state index is 9.04. The molecule has 2 aromatic rings. The van der Waals surface area contributed by atoms with Gasteiger partial charge in [0.05, 0.1) is 12.8 Å². The van der Waals surface area contributed by atoms with E-state index in [9.17, 15) is 0 Å². The summed E-state index contributed by atoms with van der Waals surface area (Å²) in [4.78, 5) is 0. The molecular formula is C15H15N3OS. The molecule has 0 saturated carbocycles. The van der Waals surface area contributed by atoms with Crippen LogP contribution in [0.25, 0.3) is 11.1 Å². The molecule has 0 aliphatic rings. The summed E-state index contributed by atoms with van der Waals surface area (Å²) in [6.45, 7) is 0.0532. The van der Waals surface area contributed by atoms with Crippen molar-refractivity contribution in [3.05, 3.63) is 59.7 Å². The molecule has 4 nitrogen and oxygen atoms in total. The third-order valence-corrected chi connectivity index (χ3v) is 2.84. The zero-order chi connectivity index (χ0) is 14.4. The molecule has 5 heteroatoms. The van der Waals surface area contributed by atoms with Crippen LogP contribution < -0.4 is 11.2 Å². The highest BCUT2D eigenvalue weighted by Crippen LogP contribution is 2.20. The number of hydrazone groups is 1. The van der Waals surface area contributed by atoms with E-state index in [1.165, 1.54) is 0 Å². The fourth-order valence-electron chi connectivity index (χ4n) is 1.77. The number of rotatable bonds is 4. The second-order valence-corrected chi connectivity index (χ2v) is 4.65. The van der Waals surface area contributed by atoms with Gasteiger partial charge >= 0.3 is 0 Å². The zero-order valence-electron chi connectivity index (χ0n) is 10.8. The lowest BCUT2D eigenvalue weighted by Gasteiger charge is -2.04. The second-order valence-electron chi connectivity index (χ2n) is 4.21. The molecule has 2 rings (SSSR count). The number of nitrogens with zero attached hydrogens (tertiary/aromatic N) is 1.